The molecular weight excluding hydrogens is 230 g/mol. The van der Waals surface area contributed by atoms with Gasteiger partial charge in [-0.3, -0.25) is 4.79 Å². The van der Waals surface area contributed by atoms with Gasteiger partial charge in [0.25, 0.3) is 5.56 Å². The van der Waals surface area contributed by atoms with Crippen molar-refractivity contribution in [2.75, 3.05) is 0 Å². The molecule has 0 saturated heterocycles. The van der Waals surface area contributed by atoms with Crippen LogP contribution < -0.4 is 5.56 Å². The van der Waals surface area contributed by atoms with E-state index in [1.54, 1.807) is 12.1 Å². The fourth-order valence-corrected chi connectivity index (χ4v) is 1.82. The number of H-pyrrole nitrogens is 1. The van der Waals surface area contributed by atoms with Crippen LogP contribution in [0.1, 0.15) is 15.9 Å². The number of hydrogen-bond acceptors (Lipinski definition) is 2. The largest absolute Gasteiger partial charge is 0.478 e. The van der Waals surface area contributed by atoms with Crippen molar-refractivity contribution in [3.8, 4) is 0 Å². The number of nitrogens with one attached hydrogen (secondary N) is 1. The summed E-state index contributed by atoms with van der Waals surface area (Å²) in [6.45, 7) is 1.48. The van der Waals surface area contributed by atoms with E-state index in [1.165, 1.54) is 13.0 Å². The normalized spacial score (nSPS) is 10.6. The molecule has 5 heteroatoms. The van der Waals surface area contributed by atoms with E-state index >= 15 is 0 Å². The highest BCUT2D eigenvalue weighted by Crippen LogP contribution is 2.21. The lowest BCUT2D eigenvalue weighted by molar-refractivity contribution is 0.0698. The molecule has 0 fully saturated rings. The maximum atomic E-state index is 11.5. The molecule has 1 aromatic carbocycles. The SMILES string of the molecule is Cc1c(C(=O)O)c2ccc(Cl)cc2[nH]c1=O. The molecule has 16 heavy (non-hydrogen) atoms. The summed E-state index contributed by atoms with van der Waals surface area (Å²) in [5, 5.41) is 10.00. The Morgan fingerprint density at radius 2 is 2.12 bits per heavy atom. The Morgan fingerprint density at radius 1 is 1.44 bits per heavy atom. The molecule has 0 aliphatic heterocycles. The van der Waals surface area contributed by atoms with Crippen LogP contribution in [-0.4, -0.2) is 16.1 Å². The molecule has 0 radical (unpaired) electrons. The van der Waals surface area contributed by atoms with E-state index in [1.807, 2.05) is 0 Å². The van der Waals surface area contributed by atoms with Crippen LogP contribution in [0.25, 0.3) is 10.9 Å². The number of aromatic carboxylic acids is 1. The zero-order valence-corrected chi connectivity index (χ0v) is 9.13. The first-order chi connectivity index (χ1) is 7.50. The van der Waals surface area contributed by atoms with Gasteiger partial charge in [0.1, 0.15) is 0 Å². The van der Waals surface area contributed by atoms with Crippen LogP contribution in [0, 0.1) is 6.92 Å². The molecule has 0 aliphatic carbocycles. The van der Waals surface area contributed by atoms with Gasteiger partial charge in [-0.1, -0.05) is 17.7 Å². The number of benzene rings is 1. The van der Waals surface area contributed by atoms with Crippen LogP contribution in [0.2, 0.25) is 5.02 Å². The smallest absolute Gasteiger partial charge is 0.336 e. The second kappa shape index (κ2) is 3.64. The summed E-state index contributed by atoms with van der Waals surface area (Å²) in [6, 6.07) is 4.71. The van der Waals surface area contributed by atoms with Crippen LogP contribution in [0.3, 0.4) is 0 Å². The Hall–Kier alpha value is -1.81. The highest BCUT2D eigenvalue weighted by atomic mass is 35.5. The Bertz CT molecular complexity index is 645. The van der Waals surface area contributed by atoms with E-state index in [-0.39, 0.29) is 11.1 Å². The number of carbonyl (C=O) groups is 1. The third kappa shape index (κ3) is 1.57. The molecule has 1 aromatic heterocycles. The number of aromatic nitrogens is 1. The summed E-state index contributed by atoms with van der Waals surface area (Å²) >= 11 is 5.77. The second-order valence-corrected chi connectivity index (χ2v) is 3.89. The molecule has 0 saturated carbocycles. The van der Waals surface area contributed by atoms with Gasteiger partial charge in [0.05, 0.1) is 11.1 Å². The fraction of sp³-hybridized carbons (Fsp3) is 0.0909. The van der Waals surface area contributed by atoms with Crippen molar-refractivity contribution in [3.05, 3.63) is 44.7 Å². The first-order valence-corrected chi connectivity index (χ1v) is 4.94. The van der Waals surface area contributed by atoms with Gasteiger partial charge in [-0.15, -0.1) is 0 Å². The molecule has 4 nitrogen and oxygen atoms in total. The molecule has 0 bridgehead atoms. The zero-order chi connectivity index (χ0) is 11.9. The molecule has 2 N–H and O–H groups in total. The third-order valence-electron chi connectivity index (χ3n) is 2.43. The van der Waals surface area contributed by atoms with Crippen LogP contribution >= 0.6 is 11.6 Å². The average Bonchev–Trinajstić information content (AvgIpc) is 2.19. The first-order valence-electron chi connectivity index (χ1n) is 4.56. The van der Waals surface area contributed by atoms with E-state index in [9.17, 15) is 9.59 Å². The zero-order valence-electron chi connectivity index (χ0n) is 8.37. The van der Waals surface area contributed by atoms with Gasteiger partial charge in [-0.25, -0.2) is 4.79 Å². The number of pyridine rings is 1. The minimum absolute atomic E-state index is 0.0235. The van der Waals surface area contributed by atoms with Gasteiger partial charge in [0.15, 0.2) is 0 Å². The lowest BCUT2D eigenvalue weighted by atomic mass is 10.0. The highest BCUT2D eigenvalue weighted by Gasteiger charge is 2.15. The second-order valence-electron chi connectivity index (χ2n) is 3.45. The predicted molar refractivity (Wildman–Crippen MR) is 61.3 cm³/mol. The topological polar surface area (TPSA) is 70.2 Å². The van der Waals surface area contributed by atoms with Crippen molar-refractivity contribution in [1.29, 1.82) is 0 Å². The Morgan fingerprint density at radius 3 is 2.75 bits per heavy atom. The average molecular weight is 238 g/mol. The number of halogens is 1. The molecule has 82 valence electrons. The van der Waals surface area contributed by atoms with Gasteiger partial charge in [0, 0.05) is 16.0 Å². The van der Waals surface area contributed by atoms with Gasteiger partial charge >= 0.3 is 5.97 Å². The van der Waals surface area contributed by atoms with E-state index in [0.29, 0.717) is 15.9 Å². The minimum Gasteiger partial charge on any atom is -0.478 e. The van der Waals surface area contributed by atoms with E-state index in [0.717, 1.165) is 0 Å². The summed E-state index contributed by atoms with van der Waals surface area (Å²) in [6.07, 6.45) is 0. The maximum Gasteiger partial charge on any atom is 0.336 e. The Kier molecular flexibility index (Phi) is 2.44. The van der Waals surface area contributed by atoms with Crippen LogP contribution in [-0.2, 0) is 0 Å². The van der Waals surface area contributed by atoms with E-state index in [2.05, 4.69) is 4.98 Å². The number of carboxylic acids is 1. The highest BCUT2D eigenvalue weighted by molar-refractivity contribution is 6.31. The van der Waals surface area contributed by atoms with Gasteiger partial charge in [0.2, 0.25) is 0 Å². The molecule has 0 amide bonds. The minimum atomic E-state index is -1.11. The Labute approximate surface area is 95.5 Å². The van der Waals surface area contributed by atoms with Crippen molar-refractivity contribution in [3.63, 3.8) is 0 Å². The van der Waals surface area contributed by atoms with Crippen molar-refractivity contribution in [2.45, 2.75) is 6.92 Å². The van der Waals surface area contributed by atoms with Crippen molar-refractivity contribution in [1.82, 2.24) is 4.98 Å². The molecule has 0 spiro atoms. The molecule has 1 heterocycles. The summed E-state index contributed by atoms with van der Waals surface area (Å²) in [7, 11) is 0. The molecular formula is C11H8ClNO3. The number of hydrogen-bond donors (Lipinski definition) is 2. The van der Waals surface area contributed by atoms with Gasteiger partial charge in [-0.2, -0.15) is 0 Å². The molecule has 0 atom stereocenters. The third-order valence-corrected chi connectivity index (χ3v) is 2.66. The number of rotatable bonds is 1. The van der Waals surface area contributed by atoms with Crippen molar-refractivity contribution >= 4 is 28.5 Å². The van der Waals surface area contributed by atoms with E-state index < -0.39 is 11.5 Å². The van der Waals surface area contributed by atoms with E-state index in [4.69, 9.17) is 16.7 Å². The molecule has 2 aromatic rings. The number of fused-ring (bicyclic) bond motifs is 1. The van der Waals surface area contributed by atoms with Crippen molar-refractivity contribution < 1.29 is 9.90 Å². The molecule has 0 aliphatic rings. The standard InChI is InChI=1S/C11H8ClNO3/c1-5-9(11(15)16)7-3-2-6(12)4-8(7)13-10(5)14/h2-4H,1H3,(H,13,14)(H,15,16). The summed E-state index contributed by atoms with van der Waals surface area (Å²) in [5.74, 6) is -1.11. The van der Waals surface area contributed by atoms with Crippen LogP contribution in [0.15, 0.2) is 23.0 Å². The number of carboxylic acid groups (broad SMARTS) is 1. The van der Waals surface area contributed by atoms with Gasteiger partial charge in [-0.05, 0) is 19.1 Å². The lowest BCUT2D eigenvalue weighted by Crippen LogP contribution is -2.16. The quantitative estimate of drug-likeness (QED) is 0.799. The lowest BCUT2D eigenvalue weighted by Gasteiger charge is -2.05. The molecule has 2 rings (SSSR count). The number of aromatic amines is 1. The molecule has 0 unspecified atom stereocenters. The first kappa shape index (κ1) is 10.7. The van der Waals surface area contributed by atoms with Crippen molar-refractivity contribution in [2.24, 2.45) is 0 Å². The fourth-order valence-electron chi connectivity index (χ4n) is 1.65. The van der Waals surface area contributed by atoms with Crippen LogP contribution in [0.5, 0.6) is 0 Å². The maximum absolute atomic E-state index is 11.5. The Balaban J connectivity index is 3.00. The van der Waals surface area contributed by atoms with Crippen LogP contribution in [0.4, 0.5) is 0 Å². The monoisotopic (exact) mass is 237 g/mol. The van der Waals surface area contributed by atoms with Gasteiger partial charge < -0.3 is 10.1 Å². The predicted octanol–water partition coefficient (Wildman–Crippen LogP) is 2.19. The summed E-state index contributed by atoms with van der Waals surface area (Å²) in [5.41, 5.74) is 0.241. The summed E-state index contributed by atoms with van der Waals surface area (Å²) < 4.78 is 0. The summed E-state index contributed by atoms with van der Waals surface area (Å²) in [4.78, 5) is 25.2.